The van der Waals surface area contributed by atoms with Gasteiger partial charge in [-0.2, -0.15) is 0 Å². The van der Waals surface area contributed by atoms with Gasteiger partial charge in [0.15, 0.2) is 5.78 Å². The summed E-state index contributed by atoms with van der Waals surface area (Å²) < 4.78 is 15.2. The first kappa shape index (κ1) is 18.8. The van der Waals surface area contributed by atoms with Crippen LogP contribution in [0, 0.1) is 11.7 Å². The van der Waals surface area contributed by atoms with E-state index < -0.39 is 0 Å². The molecule has 1 aliphatic carbocycles. The van der Waals surface area contributed by atoms with Crippen molar-refractivity contribution in [3.05, 3.63) is 59.4 Å². The van der Waals surface area contributed by atoms with Gasteiger partial charge in [0, 0.05) is 17.5 Å². The third kappa shape index (κ3) is 4.06. The van der Waals surface area contributed by atoms with E-state index in [0.717, 1.165) is 29.9 Å². The molecule has 1 nitrogen and oxygen atoms in total. The minimum absolute atomic E-state index is 0.0824. The standard InChI is InChI=1S/C24H29FO/c1-3-6-17-9-11-18(12-10-17)21-7-5-8-22(24(21)25)19-13-15-20(16-14-19)23(26)4-2/h5,7-8,13-18H,3-4,6,9-12H2,1-2H3/t17-,18-. The van der Waals surface area contributed by atoms with Crippen molar-refractivity contribution in [1.82, 2.24) is 0 Å². The zero-order valence-electron chi connectivity index (χ0n) is 15.9. The second kappa shape index (κ2) is 8.62. The van der Waals surface area contributed by atoms with Crippen molar-refractivity contribution in [3.8, 4) is 11.1 Å². The van der Waals surface area contributed by atoms with Crippen LogP contribution in [0.4, 0.5) is 4.39 Å². The number of carbonyl (C=O) groups is 1. The predicted molar refractivity (Wildman–Crippen MR) is 106 cm³/mol. The Kier molecular flexibility index (Phi) is 6.24. The summed E-state index contributed by atoms with van der Waals surface area (Å²) in [5, 5.41) is 0. The van der Waals surface area contributed by atoms with E-state index >= 15 is 4.39 Å². The molecule has 1 saturated carbocycles. The van der Waals surface area contributed by atoms with Crippen LogP contribution in [-0.4, -0.2) is 5.78 Å². The van der Waals surface area contributed by atoms with Gasteiger partial charge in [0.1, 0.15) is 5.82 Å². The molecule has 1 aliphatic rings. The highest BCUT2D eigenvalue weighted by Gasteiger charge is 2.25. The van der Waals surface area contributed by atoms with Gasteiger partial charge in [0.05, 0.1) is 0 Å². The molecule has 0 spiro atoms. The molecule has 0 unspecified atom stereocenters. The molecule has 2 aromatic rings. The fraction of sp³-hybridized carbons (Fsp3) is 0.458. The summed E-state index contributed by atoms with van der Waals surface area (Å²) in [6.45, 7) is 4.10. The molecule has 1 fully saturated rings. The minimum atomic E-state index is -0.0824. The molecule has 0 amide bonds. The van der Waals surface area contributed by atoms with Crippen molar-refractivity contribution in [2.45, 2.75) is 64.7 Å². The summed E-state index contributed by atoms with van der Waals surface area (Å²) in [5.41, 5.74) is 3.05. The Bertz CT molecular complexity index is 739. The second-order valence-corrected chi connectivity index (χ2v) is 7.57. The monoisotopic (exact) mass is 352 g/mol. The average molecular weight is 352 g/mol. The molecule has 2 aromatic carbocycles. The highest BCUT2D eigenvalue weighted by molar-refractivity contribution is 5.96. The van der Waals surface area contributed by atoms with E-state index in [1.165, 1.54) is 25.7 Å². The summed E-state index contributed by atoms with van der Waals surface area (Å²) in [4.78, 5) is 11.8. The lowest BCUT2D eigenvalue weighted by Crippen LogP contribution is -2.14. The molecule has 0 radical (unpaired) electrons. The highest BCUT2D eigenvalue weighted by atomic mass is 19.1. The number of ketones is 1. The van der Waals surface area contributed by atoms with Crippen molar-refractivity contribution in [2.75, 3.05) is 0 Å². The van der Waals surface area contributed by atoms with E-state index in [2.05, 4.69) is 6.92 Å². The third-order valence-corrected chi connectivity index (χ3v) is 5.85. The van der Waals surface area contributed by atoms with E-state index in [9.17, 15) is 4.79 Å². The van der Waals surface area contributed by atoms with Gasteiger partial charge in [-0.15, -0.1) is 0 Å². The first-order valence-corrected chi connectivity index (χ1v) is 10.1. The van der Waals surface area contributed by atoms with Crippen LogP contribution in [0.2, 0.25) is 0 Å². The minimum Gasteiger partial charge on any atom is -0.294 e. The Morgan fingerprint density at radius 1 is 1.00 bits per heavy atom. The Morgan fingerprint density at radius 3 is 2.31 bits per heavy atom. The lowest BCUT2D eigenvalue weighted by atomic mass is 9.76. The van der Waals surface area contributed by atoms with Crippen LogP contribution in [0.1, 0.15) is 80.6 Å². The van der Waals surface area contributed by atoms with Crippen LogP contribution in [0.15, 0.2) is 42.5 Å². The van der Waals surface area contributed by atoms with Crippen molar-refractivity contribution in [2.24, 2.45) is 5.92 Å². The Morgan fingerprint density at radius 2 is 1.69 bits per heavy atom. The topological polar surface area (TPSA) is 17.1 Å². The lowest BCUT2D eigenvalue weighted by molar-refractivity contribution is 0.0988. The molecule has 0 aromatic heterocycles. The summed E-state index contributed by atoms with van der Waals surface area (Å²) in [6, 6.07) is 13.1. The van der Waals surface area contributed by atoms with E-state index in [1.807, 2.05) is 49.4 Å². The van der Waals surface area contributed by atoms with Crippen LogP contribution in [0.25, 0.3) is 11.1 Å². The van der Waals surface area contributed by atoms with Gasteiger partial charge < -0.3 is 0 Å². The molecule has 138 valence electrons. The molecule has 0 bridgehead atoms. The summed E-state index contributed by atoms with van der Waals surface area (Å²) in [5.74, 6) is 1.20. The van der Waals surface area contributed by atoms with Gasteiger partial charge in [-0.05, 0) is 48.6 Å². The van der Waals surface area contributed by atoms with Crippen molar-refractivity contribution >= 4 is 5.78 Å². The van der Waals surface area contributed by atoms with Crippen molar-refractivity contribution < 1.29 is 9.18 Å². The van der Waals surface area contributed by atoms with Crippen LogP contribution in [-0.2, 0) is 0 Å². The molecule has 2 heteroatoms. The number of hydrogen-bond acceptors (Lipinski definition) is 1. The number of rotatable bonds is 6. The maximum atomic E-state index is 15.2. The zero-order valence-corrected chi connectivity index (χ0v) is 15.9. The van der Waals surface area contributed by atoms with Crippen molar-refractivity contribution in [1.29, 1.82) is 0 Å². The van der Waals surface area contributed by atoms with E-state index in [1.54, 1.807) is 0 Å². The molecule has 0 N–H and O–H groups in total. The fourth-order valence-electron chi connectivity index (χ4n) is 4.30. The van der Waals surface area contributed by atoms with Crippen LogP contribution >= 0.6 is 0 Å². The molecular formula is C24H29FO. The number of Topliss-reactive ketones (excluding diaryl/α,β-unsaturated/α-hetero) is 1. The number of hydrogen-bond donors (Lipinski definition) is 0. The maximum absolute atomic E-state index is 15.2. The first-order valence-electron chi connectivity index (χ1n) is 10.1. The van der Waals surface area contributed by atoms with Crippen molar-refractivity contribution in [3.63, 3.8) is 0 Å². The third-order valence-electron chi connectivity index (χ3n) is 5.85. The van der Waals surface area contributed by atoms with E-state index in [-0.39, 0.29) is 11.6 Å². The quantitative estimate of drug-likeness (QED) is 0.504. The lowest BCUT2D eigenvalue weighted by Gasteiger charge is -2.29. The van der Waals surface area contributed by atoms with Crippen LogP contribution < -0.4 is 0 Å². The first-order chi connectivity index (χ1) is 12.6. The fourth-order valence-corrected chi connectivity index (χ4v) is 4.30. The average Bonchev–Trinajstić information content (AvgIpc) is 2.69. The molecule has 0 heterocycles. The number of halogens is 1. The van der Waals surface area contributed by atoms with E-state index in [4.69, 9.17) is 0 Å². The Hall–Kier alpha value is -1.96. The molecule has 0 aliphatic heterocycles. The largest absolute Gasteiger partial charge is 0.294 e. The Balaban J connectivity index is 1.80. The van der Waals surface area contributed by atoms with Gasteiger partial charge in [-0.1, -0.05) is 69.2 Å². The molecular weight excluding hydrogens is 323 g/mol. The van der Waals surface area contributed by atoms with Crippen LogP contribution in [0.3, 0.4) is 0 Å². The Labute approximate surface area is 156 Å². The number of benzene rings is 2. The molecule has 3 rings (SSSR count). The van der Waals surface area contributed by atoms with E-state index in [0.29, 0.717) is 23.5 Å². The summed E-state index contributed by atoms with van der Waals surface area (Å²) in [7, 11) is 0. The smallest absolute Gasteiger partial charge is 0.162 e. The SMILES string of the molecule is CCC[C@H]1CC[C@H](c2cccc(-c3ccc(C(=O)CC)cc3)c2F)CC1. The van der Waals surface area contributed by atoms with Gasteiger partial charge in [-0.3, -0.25) is 4.79 Å². The van der Waals surface area contributed by atoms with Gasteiger partial charge >= 0.3 is 0 Å². The molecule has 26 heavy (non-hydrogen) atoms. The highest BCUT2D eigenvalue weighted by Crippen LogP contribution is 2.40. The van der Waals surface area contributed by atoms with Gasteiger partial charge in [0.25, 0.3) is 0 Å². The maximum Gasteiger partial charge on any atom is 0.162 e. The van der Waals surface area contributed by atoms with Crippen LogP contribution in [0.5, 0.6) is 0 Å². The summed E-state index contributed by atoms with van der Waals surface area (Å²) in [6.07, 6.45) is 7.66. The van der Waals surface area contributed by atoms with Gasteiger partial charge in [-0.25, -0.2) is 4.39 Å². The second-order valence-electron chi connectivity index (χ2n) is 7.57. The molecule has 0 saturated heterocycles. The number of carbonyl (C=O) groups excluding carboxylic acids is 1. The van der Waals surface area contributed by atoms with Gasteiger partial charge in [0.2, 0.25) is 0 Å². The summed E-state index contributed by atoms with van der Waals surface area (Å²) >= 11 is 0. The normalized spacial score (nSPS) is 20.1. The predicted octanol–water partition coefficient (Wildman–Crippen LogP) is 7.16. The zero-order chi connectivity index (χ0) is 18.5. The molecule has 0 atom stereocenters.